The Kier molecular flexibility index (Phi) is 6.84. The van der Waals surface area contributed by atoms with Gasteiger partial charge in [-0.3, -0.25) is 4.79 Å². The highest BCUT2D eigenvalue weighted by Gasteiger charge is 2.31. The van der Waals surface area contributed by atoms with Crippen molar-refractivity contribution in [3.63, 3.8) is 0 Å². The van der Waals surface area contributed by atoms with Crippen LogP contribution in [0.2, 0.25) is 0 Å². The maximum atomic E-state index is 14.1. The van der Waals surface area contributed by atoms with Gasteiger partial charge >= 0.3 is 0 Å². The van der Waals surface area contributed by atoms with Gasteiger partial charge in [0, 0.05) is 0 Å². The number of nitrogens with zero attached hydrogens (tertiary/aromatic N) is 1. The normalized spacial score (nSPS) is 15.5. The van der Waals surface area contributed by atoms with Crippen LogP contribution in [0.4, 0.5) is 10.1 Å². The van der Waals surface area contributed by atoms with Crippen molar-refractivity contribution in [1.82, 2.24) is 5.32 Å². The lowest BCUT2D eigenvalue weighted by Gasteiger charge is -2.37. The monoisotopic (exact) mass is 424 g/mol. The fourth-order valence-corrected chi connectivity index (χ4v) is 3.96. The topological polar surface area (TPSA) is 59.1 Å². The Morgan fingerprint density at radius 2 is 1.81 bits per heavy atom. The molecule has 3 aromatic rings. The van der Waals surface area contributed by atoms with E-state index in [0.717, 1.165) is 31.9 Å². The molecule has 2 aromatic carbocycles. The van der Waals surface area contributed by atoms with E-state index in [0.29, 0.717) is 18.0 Å². The molecule has 162 valence electrons. The van der Waals surface area contributed by atoms with Crippen LogP contribution in [-0.2, 0) is 4.79 Å². The first kappa shape index (κ1) is 20.9. The Bertz CT molecular complexity index is 957. The average molecular weight is 424 g/mol. The number of para-hydroxylation sites is 2. The van der Waals surface area contributed by atoms with Crippen molar-refractivity contribution in [1.29, 1.82) is 0 Å². The molecule has 0 spiro atoms. The third-order valence-electron chi connectivity index (χ3n) is 5.59. The average Bonchev–Trinajstić information content (AvgIpc) is 3.34. The van der Waals surface area contributed by atoms with Crippen molar-refractivity contribution in [3.05, 3.63) is 84.6 Å². The van der Waals surface area contributed by atoms with E-state index in [9.17, 15) is 9.18 Å². The molecule has 0 aliphatic carbocycles. The molecule has 2 heterocycles. The number of rotatable bonds is 8. The van der Waals surface area contributed by atoms with Gasteiger partial charge in [-0.25, -0.2) is 4.39 Å². The number of hydrogen-bond acceptors (Lipinski definition) is 4. The fourth-order valence-electron chi connectivity index (χ4n) is 3.96. The van der Waals surface area contributed by atoms with Gasteiger partial charge in [0.1, 0.15) is 11.6 Å². The van der Waals surface area contributed by atoms with Crippen molar-refractivity contribution < 1.29 is 23.2 Å². The van der Waals surface area contributed by atoms with E-state index in [2.05, 4.69) is 10.2 Å². The van der Waals surface area contributed by atoms with E-state index in [4.69, 9.17) is 9.15 Å². The van der Waals surface area contributed by atoms with Crippen LogP contribution in [0, 0.1) is 5.82 Å². The summed E-state index contributed by atoms with van der Waals surface area (Å²) in [5, 5.41) is 2.97. The molecule has 1 amide bonds. The molecule has 2 N–H and O–H groups in total. The maximum absolute atomic E-state index is 14.1. The number of amides is 1. The second-order valence-corrected chi connectivity index (χ2v) is 7.57. The van der Waals surface area contributed by atoms with Gasteiger partial charge in [-0.05, 0) is 36.4 Å². The third kappa shape index (κ3) is 5.44. The molecule has 6 nitrogen and oxygen atoms in total. The number of nitrogens with one attached hydrogen (secondary N) is 2. The fraction of sp³-hybridized carbons (Fsp3) is 0.292. The number of ether oxygens (including phenoxy) is 1. The Morgan fingerprint density at radius 3 is 2.52 bits per heavy atom. The van der Waals surface area contributed by atoms with Gasteiger partial charge in [0.15, 0.2) is 18.4 Å². The number of quaternary nitrogens is 1. The first-order valence-electron chi connectivity index (χ1n) is 10.5. The SMILES string of the molecule is O=C(COc1ccccc1)NC[C@H](c1ccco1)[NH+]1CCN(c2ccccc2F)CC1. The maximum Gasteiger partial charge on any atom is 0.258 e. The molecular formula is C24H27FN3O3+. The smallest absolute Gasteiger partial charge is 0.258 e. The Balaban J connectivity index is 1.33. The number of piperazine rings is 1. The van der Waals surface area contributed by atoms with Crippen LogP contribution in [0.5, 0.6) is 5.75 Å². The molecule has 1 fully saturated rings. The van der Waals surface area contributed by atoms with Crippen LogP contribution in [0.15, 0.2) is 77.4 Å². The van der Waals surface area contributed by atoms with Gasteiger partial charge in [0.2, 0.25) is 0 Å². The molecule has 1 atom stereocenters. The molecule has 0 bridgehead atoms. The standard InChI is InChI=1S/C24H26FN3O3/c25-20-9-4-5-10-21(20)27-12-14-28(15-13-27)22(23-11-6-16-30-23)17-26-24(29)18-31-19-7-2-1-3-8-19/h1-11,16,22H,12-15,17-18H2,(H,26,29)/p+1/t22-/m1/s1. The summed E-state index contributed by atoms with van der Waals surface area (Å²) < 4.78 is 25.3. The molecule has 31 heavy (non-hydrogen) atoms. The first-order chi connectivity index (χ1) is 15.2. The molecule has 4 rings (SSSR count). The van der Waals surface area contributed by atoms with E-state index < -0.39 is 0 Å². The van der Waals surface area contributed by atoms with Crippen LogP contribution in [0.1, 0.15) is 11.8 Å². The largest absolute Gasteiger partial charge is 0.484 e. The van der Waals surface area contributed by atoms with Crippen LogP contribution >= 0.6 is 0 Å². The lowest BCUT2D eigenvalue weighted by molar-refractivity contribution is -0.932. The minimum atomic E-state index is -0.195. The summed E-state index contributed by atoms with van der Waals surface area (Å²) in [7, 11) is 0. The minimum Gasteiger partial charge on any atom is -0.484 e. The number of anilines is 1. The van der Waals surface area contributed by atoms with Gasteiger partial charge < -0.3 is 24.3 Å². The summed E-state index contributed by atoms with van der Waals surface area (Å²) in [5.74, 6) is 1.12. The second-order valence-electron chi connectivity index (χ2n) is 7.57. The zero-order chi connectivity index (χ0) is 21.5. The number of hydrogen-bond donors (Lipinski definition) is 2. The summed E-state index contributed by atoms with van der Waals surface area (Å²) in [6.45, 7) is 3.51. The molecule has 7 heteroatoms. The van der Waals surface area contributed by atoms with E-state index in [-0.39, 0.29) is 24.4 Å². The number of carbonyl (C=O) groups is 1. The Morgan fingerprint density at radius 1 is 1.06 bits per heavy atom. The molecule has 1 aromatic heterocycles. The van der Waals surface area contributed by atoms with Crippen molar-refractivity contribution in [2.75, 3.05) is 44.2 Å². The summed E-state index contributed by atoms with van der Waals surface area (Å²) in [4.78, 5) is 15.7. The highest BCUT2D eigenvalue weighted by atomic mass is 19.1. The first-order valence-corrected chi connectivity index (χ1v) is 10.5. The van der Waals surface area contributed by atoms with Crippen LogP contribution in [-0.4, -0.2) is 45.2 Å². The van der Waals surface area contributed by atoms with Gasteiger partial charge in [-0.2, -0.15) is 0 Å². The lowest BCUT2D eigenvalue weighted by atomic mass is 10.1. The zero-order valence-electron chi connectivity index (χ0n) is 17.3. The van der Waals surface area contributed by atoms with Crippen molar-refractivity contribution >= 4 is 11.6 Å². The summed E-state index contributed by atoms with van der Waals surface area (Å²) in [6.07, 6.45) is 1.65. The van der Waals surface area contributed by atoms with Crippen molar-refractivity contribution in [3.8, 4) is 5.75 Å². The summed E-state index contributed by atoms with van der Waals surface area (Å²) in [5.41, 5.74) is 0.641. The molecule has 1 aliphatic rings. The number of carbonyl (C=O) groups excluding carboxylic acids is 1. The van der Waals surface area contributed by atoms with Crippen LogP contribution < -0.4 is 19.9 Å². The van der Waals surface area contributed by atoms with E-state index in [1.807, 2.05) is 54.6 Å². The van der Waals surface area contributed by atoms with Crippen LogP contribution in [0.3, 0.4) is 0 Å². The van der Waals surface area contributed by atoms with E-state index >= 15 is 0 Å². The quantitative estimate of drug-likeness (QED) is 0.581. The number of furan rings is 1. The summed E-state index contributed by atoms with van der Waals surface area (Å²) in [6, 6.07) is 19.9. The van der Waals surface area contributed by atoms with Gasteiger partial charge in [0.25, 0.3) is 5.91 Å². The highest BCUT2D eigenvalue weighted by Crippen LogP contribution is 2.19. The predicted octanol–water partition coefficient (Wildman–Crippen LogP) is 2.06. The minimum absolute atomic E-state index is 0.0153. The van der Waals surface area contributed by atoms with E-state index in [1.165, 1.54) is 11.0 Å². The van der Waals surface area contributed by atoms with E-state index in [1.54, 1.807) is 12.3 Å². The molecule has 0 saturated carbocycles. The Labute approximate surface area is 181 Å². The second kappa shape index (κ2) is 10.1. The lowest BCUT2D eigenvalue weighted by Crippen LogP contribution is -3.15. The van der Waals surface area contributed by atoms with Crippen molar-refractivity contribution in [2.45, 2.75) is 6.04 Å². The third-order valence-corrected chi connectivity index (χ3v) is 5.59. The zero-order valence-corrected chi connectivity index (χ0v) is 17.3. The van der Waals surface area contributed by atoms with Crippen molar-refractivity contribution in [2.24, 2.45) is 0 Å². The molecule has 0 unspecified atom stereocenters. The number of benzene rings is 2. The summed E-state index contributed by atoms with van der Waals surface area (Å²) >= 11 is 0. The van der Waals surface area contributed by atoms with Gasteiger partial charge in [0.05, 0.1) is 44.7 Å². The van der Waals surface area contributed by atoms with Gasteiger partial charge in [-0.1, -0.05) is 30.3 Å². The predicted molar refractivity (Wildman–Crippen MR) is 116 cm³/mol. The molecule has 0 radical (unpaired) electrons. The highest BCUT2D eigenvalue weighted by molar-refractivity contribution is 5.77. The van der Waals surface area contributed by atoms with Crippen LogP contribution in [0.25, 0.3) is 0 Å². The molecular weight excluding hydrogens is 397 g/mol. The molecule has 1 saturated heterocycles. The van der Waals surface area contributed by atoms with Gasteiger partial charge in [-0.15, -0.1) is 0 Å². The Hall–Kier alpha value is -3.32. The molecule has 1 aliphatic heterocycles. The number of halogens is 1.